The second kappa shape index (κ2) is 6.80. The summed E-state index contributed by atoms with van der Waals surface area (Å²) in [6.45, 7) is 8.96. The number of carbonyl (C=O) groups is 1. The zero-order valence-corrected chi connectivity index (χ0v) is 9.88. The molecule has 4 heteroatoms. The van der Waals surface area contributed by atoms with Crippen LogP contribution < -0.4 is 10.6 Å². The van der Waals surface area contributed by atoms with Gasteiger partial charge in [0.15, 0.2) is 0 Å². The van der Waals surface area contributed by atoms with Crippen LogP contribution in [0.25, 0.3) is 0 Å². The Labute approximate surface area is 92.4 Å². The molecule has 0 bridgehead atoms. The van der Waals surface area contributed by atoms with Crippen molar-refractivity contribution in [2.24, 2.45) is 0 Å². The number of likely N-dealkylation sites (N-methyl/N-ethyl adjacent to an activating group) is 1. The highest BCUT2D eigenvalue weighted by atomic mass is 16.2. The molecule has 1 heterocycles. The van der Waals surface area contributed by atoms with Crippen molar-refractivity contribution in [3.05, 3.63) is 0 Å². The largest absolute Gasteiger partial charge is 0.355 e. The van der Waals surface area contributed by atoms with E-state index in [2.05, 4.69) is 15.5 Å². The minimum absolute atomic E-state index is 0.0763. The van der Waals surface area contributed by atoms with Gasteiger partial charge in [0.1, 0.15) is 0 Å². The molecule has 1 saturated heterocycles. The van der Waals surface area contributed by atoms with Gasteiger partial charge in [0.2, 0.25) is 5.91 Å². The summed E-state index contributed by atoms with van der Waals surface area (Å²) >= 11 is 0. The van der Waals surface area contributed by atoms with E-state index in [9.17, 15) is 4.79 Å². The topological polar surface area (TPSA) is 44.4 Å². The normalized spacial score (nSPS) is 19.1. The lowest BCUT2D eigenvalue weighted by molar-refractivity contribution is -0.122. The van der Waals surface area contributed by atoms with Crippen LogP contribution in [0.5, 0.6) is 0 Å². The molecule has 1 fully saturated rings. The lowest BCUT2D eigenvalue weighted by Gasteiger charge is -2.17. The molecule has 0 radical (unpaired) electrons. The van der Waals surface area contributed by atoms with Crippen LogP contribution in [0.1, 0.15) is 26.7 Å². The smallest absolute Gasteiger partial charge is 0.236 e. The molecule has 1 amide bonds. The molecule has 15 heavy (non-hydrogen) atoms. The van der Waals surface area contributed by atoms with Crippen LogP contribution in [-0.2, 0) is 4.79 Å². The number of carbonyl (C=O) groups excluding carboxylic acids is 1. The number of rotatable bonds is 6. The standard InChI is InChI=1S/C11H23N3O/c1-3-12-11(15)10(2)13-6-9-14-7-4-5-8-14/h10,13H,3-9H2,1-2H3,(H,12,15). The first-order valence-electron chi connectivity index (χ1n) is 5.97. The van der Waals surface area contributed by atoms with Crippen molar-refractivity contribution in [3.63, 3.8) is 0 Å². The number of hydrogen-bond donors (Lipinski definition) is 2. The maximum Gasteiger partial charge on any atom is 0.236 e. The van der Waals surface area contributed by atoms with Crippen LogP contribution in [0.3, 0.4) is 0 Å². The van der Waals surface area contributed by atoms with Crippen LogP contribution >= 0.6 is 0 Å². The predicted octanol–water partition coefficient (Wildman–Crippen LogP) is 0.196. The van der Waals surface area contributed by atoms with E-state index in [1.807, 2.05) is 13.8 Å². The molecule has 0 aliphatic carbocycles. The van der Waals surface area contributed by atoms with Gasteiger partial charge in [-0.05, 0) is 39.8 Å². The number of hydrogen-bond acceptors (Lipinski definition) is 3. The first-order chi connectivity index (χ1) is 7.24. The van der Waals surface area contributed by atoms with Gasteiger partial charge in [-0.2, -0.15) is 0 Å². The molecule has 0 saturated carbocycles. The van der Waals surface area contributed by atoms with Crippen molar-refractivity contribution >= 4 is 5.91 Å². The highest BCUT2D eigenvalue weighted by Crippen LogP contribution is 2.05. The molecular formula is C11H23N3O. The van der Waals surface area contributed by atoms with Crippen molar-refractivity contribution in [1.29, 1.82) is 0 Å². The summed E-state index contributed by atoms with van der Waals surface area (Å²) in [4.78, 5) is 13.8. The van der Waals surface area contributed by atoms with Crippen molar-refractivity contribution in [3.8, 4) is 0 Å². The Morgan fingerprint density at radius 2 is 2.07 bits per heavy atom. The molecule has 88 valence electrons. The maximum absolute atomic E-state index is 11.4. The van der Waals surface area contributed by atoms with Gasteiger partial charge in [0.25, 0.3) is 0 Å². The fourth-order valence-electron chi connectivity index (χ4n) is 1.87. The van der Waals surface area contributed by atoms with E-state index in [4.69, 9.17) is 0 Å². The fourth-order valence-corrected chi connectivity index (χ4v) is 1.87. The second-order valence-electron chi connectivity index (χ2n) is 4.12. The van der Waals surface area contributed by atoms with Gasteiger partial charge in [0, 0.05) is 19.6 Å². The Morgan fingerprint density at radius 1 is 1.40 bits per heavy atom. The predicted molar refractivity (Wildman–Crippen MR) is 61.8 cm³/mol. The van der Waals surface area contributed by atoms with Gasteiger partial charge < -0.3 is 15.5 Å². The van der Waals surface area contributed by atoms with E-state index < -0.39 is 0 Å². The highest BCUT2D eigenvalue weighted by molar-refractivity contribution is 5.81. The van der Waals surface area contributed by atoms with E-state index in [1.165, 1.54) is 25.9 Å². The molecular weight excluding hydrogens is 190 g/mol. The first kappa shape index (κ1) is 12.5. The summed E-state index contributed by atoms with van der Waals surface area (Å²) in [6, 6.07) is -0.0763. The maximum atomic E-state index is 11.4. The van der Waals surface area contributed by atoms with E-state index in [0.717, 1.165) is 13.1 Å². The number of likely N-dealkylation sites (tertiary alicyclic amines) is 1. The Kier molecular flexibility index (Phi) is 5.65. The van der Waals surface area contributed by atoms with Crippen LogP contribution in [0, 0.1) is 0 Å². The molecule has 1 atom stereocenters. The second-order valence-corrected chi connectivity index (χ2v) is 4.12. The molecule has 0 aromatic carbocycles. The Balaban J connectivity index is 2.05. The lowest BCUT2D eigenvalue weighted by atomic mass is 10.3. The van der Waals surface area contributed by atoms with Gasteiger partial charge in [-0.3, -0.25) is 4.79 Å². The molecule has 1 rings (SSSR count). The third-order valence-corrected chi connectivity index (χ3v) is 2.82. The van der Waals surface area contributed by atoms with Crippen molar-refractivity contribution in [1.82, 2.24) is 15.5 Å². The summed E-state index contributed by atoms with van der Waals surface area (Å²) in [5.41, 5.74) is 0. The van der Waals surface area contributed by atoms with E-state index in [1.54, 1.807) is 0 Å². The zero-order chi connectivity index (χ0) is 11.1. The lowest BCUT2D eigenvalue weighted by Crippen LogP contribution is -2.44. The van der Waals surface area contributed by atoms with E-state index in [0.29, 0.717) is 6.54 Å². The average Bonchev–Trinajstić information content (AvgIpc) is 2.71. The third-order valence-electron chi connectivity index (χ3n) is 2.82. The number of nitrogens with zero attached hydrogens (tertiary/aromatic N) is 1. The monoisotopic (exact) mass is 213 g/mol. The van der Waals surface area contributed by atoms with Gasteiger partial charge in [-0.15, -0.1) is 0 Å². The minimum atomic E-state index is -0.0763. The third kappa shape index (κ3) is 4.62. The van der Waals surface area contributed by atoms with Crippen LogP contribution in [-0.4, -0.2) is 49.6 Å². The Hall–Kier alpha value is -0.610. The van der Waals surface area contributed by atoms with Crippen molar-refractivity contribution < 1.29 is 4.79 Å². The zero-order valence-electron chi connectivity index (χ0n) is 9.88. The van der Waals surface area contributed by atoms with Gasteiger partial charge in [-0.1, -0.05) is 0 Å². The van der Waals surface area contributed by atoms with Crippen LogP contribution in [0.15, 0.2) is 0 Å². The van der Waals surface area contributed by atoms with E-state index >= 15 is 0 Å². The van der Waals surface area contributed by atoms with Crippen molar-refractivity contribution in [2.75, 3.05) is 32.7 Å². The SMILES string of the molecule is CCNC(=O)C(C)NCCN1CCCC1. The Bertz CT molecular complexity index is 190. The van der Waals surface area contributed by atoms with Crippen LogP contribution in [0.4, 0.5) is 0 Å². The highest BCUT2D eigenvalue weighted by Gasteiger charge is 2.13. The summed E-state index contributed by atoms with van der Waals surface area (Å²) in [7, 11) is 0. The van der Waals surface area contributed by atoms with Gasteiger partial charge >= 0.3 is 0 Å². The van der Waals surface area contributed by atoms with Gasteiger partial charge in [0.05, 0.1) is 6.04 Å². The molecule has 2 N–H and O–H groups in total. The summed E-state index contributed by atoms with van der Waals surface area (Å²) in [6.07, 6.45) is 2.65. The summed E-state index contributed by atoms with van der Waals surface area (Å²) < 4.78 is 0. The molecule has 0 spiro atoms. The van der Waals surface area contributed by atoms with Crippen LogP contribution in [0.2, 0.25) is 0 Å². The van der Waals surface area contributed by atoms with E-state index in [-0.39, 0.29) is 11.9 Å². The molecule has 0 aromatic rings. The minimum Gasteiger partial charge on any atom is -0.355 e. The number of nitrogens with one attached hydrogen (secondary N) is 2. The molecule has 0 aromatic heterocycles. The van der Waals surface area contributed by atoms with Gasteiger partial charge in [-0.25, -0.2) is 0 Å². The molecule has 1 unspecified atom stereocenters. The first-order valence-corrected chi connectivity index (χ1v) is 5.97. The fraction of sp³-hybridized carbons (Fsp3) is 0.909. The summed E-state index contributed by atoms with van der Waals surface area (Å²) in [5, 5.41) is 6.05. The summed E-state index contributed by atoms with van der Waals surface area (Å²) in [5.74, 6) is 0.0962. The number of amides is 1. The quantitative estimate of drug-likeness (QED) is 0.662. The molecule has 1 aliphatic rings. The molecule has 1 aliphatic heterocycles. The molecule has 4 nitrogen and oxygen atoms in total. The Morgan fingerprint density at radius 3 is 2.67 bits per heavy atom. The average molecular weight is 213 g/mol. The van der Waals surface area contributed by atoms with Crippen molar-refractivity contribution in [2.45, 2.75) is 32.7 Å².